The molecule has 0 aliphatic heterocycles. The van der Waals surface area contributed by atoms with Gasteiger partial charge in [-0.1, -0.05) is 53.7 Å². The summed E-state index contributed by atoms with van der Waals surface area (Å²) in [5.41, 5.74) is 2.08. The maximum atomic E-state index is 12.8. The average Bonchev–Trinajstić information content (AvgIpc) is 3.02. The van der Waals surface area contributed by atoms with Crippen molar-refractivity contribution in [3.05, 3.63) is 65.2 Å². The van der Waals surface area contributed by atoms with E-state index in [-0.39, 0.29) is 0 Å². The van der Waals surface area contributed by atoms with Crippen LogP contribution < -0.4 is 0 Å². The number of alkyl halides is 3. The number of benzene rings is 2. The van der Waals surface area contributed by atoms with Crippen LogP contribution in [0.3, 0.4) is 0 Å². The molecule has 7 heteroatoms. The van der Waals surface area contributed by atoms with E-state index in [4.69, 9.17) is 0 Å². The van der Waals surface area contributed by atoms with Crippen LogP contribution >= 0.6 is 11.8 Å². The molecule has 3 nitrogen and oxygen atoms in total. The van der Waals surface area contributed by atoms with Crippen LogP contribution in [0.15, 0.2) is 53.7 Å². The normalized spacial score (nSPS) is 11.7. The standard InChI is InChI=1S/C19H18F3N3S/c1-3-25-17(15-8-4-6-13(2)10-15)23-24-18(25)26-12-14-7-5-9-16(11-14)19(20,21)22/h4-11H,3,12H2,1-2H3. The van der Waals surface area contributed by atoms with Gasteiger partial charge >= 0.3 is 6.18 Å². The van der Waals surface area contributed by atoms with E-state index in [9.17, 15) is 13.2 Å². The Morgan fingerprint density at radius 1 is 1.04 bits per heavy atom. The van der Waals surface area contributed by atoms with Crippen LogP contribution in [0, 0.1) is 6.92 Å². The molecular weight excluding hydrogens is 359 g/mol. The van der Waals surface area contributed by atoms with Gasteiger partial charge in [-0.3, -0.25) is 0 Å². The van der Waals surface area contributed by atoms with E-state index < -0.39 is 11.7 Å². The van der Waals surface area contributed by atoms with Crippen LogP contribution in [-0.2, 0) is 18.5 Å². The molecule has 3 aromatic rings. The fourth-order valence-electron chi connectivity index (χ4n) is 2.66. The van der Waals surface area contributed by atoms with E-state index in [1.165, 1.54) is 23.9 Å². The molecule has 0 atom stereocenters. The third-order valence-corrected chi connectivity index (χ3v) is 4.97. The summed E-state index contributed by atoms with van der Waals surface area (Å²) in [6.45, 7) is 4.69. The van der Waals surface area contributed by atoms with Crippen molar-refractivity contribution < 1.29 is 13.2 Å². The lowest BCUT2D eigenvalue weighted by molar-refractivity contribution is -0.137. The number of rotatable bonds is 5. The fraction of sp³-hybridized carbons (Fsp3) is 0.263. The molecule has 0 aliphatic carbocycles. The highest BCUT2D eigenvalue weighted by molar-refractivity contribution is 7.98. The molecule has 0 spiro atoms. The molecule has 0 fully saturated rings. The quantitative estimate of drug-likeness (QED) is 0.544. The minimum atomic E-state index is -4.33. The van der Waals surface area contributed by atoms with Crippen LogP contribution in [0.1, 0.15) is 23.6 Å². The second-order valence-electron chi connectivity index (χ2n) is 5.91. The van der Waals surface area contributed by atoms with Gasteiger partial charge in [-0.15, -0.1) is 10.2 Å². The number of aromatic nitrogens is 3. The molecule has 0 amide bonds. The van der Waals surface area contributed by atoms with E-state index in [1.54, 1.807) is 6.07 Å². The van der Waals surface area contributed by atoms with E-state index >= 15 is 0 Å². The van der Waals surface area contributed by atoms with Crippen LogP contribution in [-0.4, -0.2) is 14.8 Å². The maximum absolute atomic E-state index is 12.8. The number of hydrogen-bond acceptors (Lipinski definition) is 3. The Kier molecular flexibility index (Phi) is 5.36. The summed E-state index contributed by atoms with van der Waals surface area (Å²) >= 11 is 1.39. The van der Waals surface area contributed by atoms with Gasteiger partial charge in [0.25, 0.3) is 0 Å². The number of aryl methyl sites for hydroxylation is 1. The summed E-state index contributed by atoms with van der Waals surface area (Å²) in [6, 6.07) is 13.4. The minimum Gasteiger partial charge on any atom is -0.302 e. The Morgan fingerprint density at radius 2 is 1.81 bits per heavy atom. The van der Waals surface area contributed by atoms with Crippen molar-refractivity contribution in [2.24, 2.45) is 0 Å². The van der Waals surface area contributed by atoms with Crippen molar-refractivity contribution in [3.63, 3.8) is 0 Å². The largest absolute Gasteiger partial charge is 0.416 e. The molecule has 2 aromatic carbocycles. The molecule has 0 N–H and O–H groups in total. The number of thioether (sulfide) groups is 1. The summed E-state index contributed by atoms with van der Waals surface area (Å²) < 4.78 is 40.5. The van der Waals surface area contributed by atoms with Crippen LogP contribution in [0.2, 0.25) is 0 Å². The van der Waals surface area contributed by atoms with Gasteiger partial charge in [0, 0.05) is 17.9 Å². The fourth-order valence-corrected chi connectivity index (χ4v) is 3.61. The van der Waals surface area contributed by atoms with Gasteiger partial charge in [-0.2, -0.15) is 13.2 Å². The van der Waals surface area contributed by atoms with Crippen molar-refractivity contribution >= 4 is 11.8 Å². The Balaban J connectivity index is 1.81. The van der Waals surface area contributed by atoms with E-state index in [2.05, 4.69) is 10.2 Å². The van der Waals surface area contributed by atoms with E-state index in [1.807, 2.05) is 42.7 Å². The molecule has 1 aromatic heterocycles. The lowest BCUT2D eigenvalue weighted by Crippen LogP contribution is -2.05. The second kappa shape index (κ2) is 7.53. The van der Waals surface area contributed by atoms with Crippen molar-refractivity contribution in [1.82, 2.24) is 14.8 Å². The predicted octanol–water partition coefficient (Wildman–Crippen LogP) is 5.58. The second-order valence-corrected chi connectivity index (χ2v) is 6.85. The van der Waals surface area contributed by atoms with Crippen LogP contribution in [0.4, 0.5) is 13.2 Å². The summed E-state index contributed by atoms with van der Waals surface area (Å²) in [5, 5.41) is 9.21. The first-order valence-corrected chi connectivity index (χ1v) is 9.16. The van der Waals surface area contributed by atoms with Crippen molar-refractivity contribution in [3.8, 4) is 11.4 Å². The molecule has 0 saturated carbocycles. The van der Waals surface area contributed by atoms with Gasteiger partial charge in [0.05, 0.1) is 5.56 Å². The highest BCUT2D eigenvalue weighted by atomic mass is 32.2. The number of nitrogens with zero attached hydrogens (tertiary/aromatic N) is 3. The zero-order valence-electron chi connectivity index (χ0n) is 14.4. The first-order chi connectivity index (χ1) is 12.4. The molecule has 26 heavy (non-hydrogen) atoms. The first kappa shape index (κ1) is 18.5. The minimum absolute atomic E-state index is 0.399. The molecular formula is C19H18F3N3S. The molecule has 0 bridgehead atoms. The number of hydrogen-bond donors (Lipinski definition) is 0. The molecule has 0 radical (unpaired) electrons. The first-order valence-electron chi connectivity index (χ1n) is 8.17. The smallest absolute Gasteiger partial charge is 0.302 e. The Morgan fingerprint density at radius 3 is 2.50 bits per heavy atom. The van der Waals surface area contributed by atoms with Crippen LogP contribution in [0.5, 0.6) is 0 Å². The van der Waals surface area contributed by atoms with E-state index in [0.717, 1.165) is 23.0 Å². The molecule has 0 aliphatic rings. The van der Waals surface area contributed by atoms with Crippen molar-refractivity contribution in [2.75, 3.05) is 0 Å². The van der Waals surface area contributed by atoms with Gasteiger partial charge < -0.3 is 4.57 Å². The van der Waals surface area contributed by atoms with Gasteiger partial charge in [-0.05, 0) is 31.5 Å². The highest BCUT2D eigenvalue weighted by Crippen LogP contribution is 2.31. The SMILES string of the molecule is CCn1c(SCc2cccc(C(F)(F)F)c2)nnc1-c1cccc(C)c1. The highest BCUT2D eigenvalue weighted by Gasteiger charge is 2.30. The van der Waals surface area contributed by atoms with Gasteiger partial charge in [0.1, 0.15) is 0 Å². The van der Waals surface area contributed by atoms with Gasteiger partial charge in [-0.25, -0.2) is 0 Å². The maximum Gasteiger partial charge on any atom is 0.416 e. The number of halogens is 3. The van der Waals surface area contributed by atoms with Crippen molar-refractivity contribution in [2.45, 2.75) is 37.5 Å². The third-order valence-electron chi connectivity index (χ3n) is 3.93. The summed E-state index contributed by atoms with van der Waals surface area (Å²) in [4.78, 5) is 0. The zero-order chi connectivity index (χ0) is 18.7. The lowest BCUT2D eigenvalue weighted by Gasteiger charge is -2.10. The average molecular weight is 377 g/mol. The molecule has 0 saturated heterocycles. The van der Waals surface area contributed by atoms with Crippen LogP contribution in [0.25, 0.3) is 11.4 Å². The van der Waals surface area contributed by atoms with Gasteiger partial charge in [0.2, 0.25) is 0 Å². The predicted molar refractivity (Wildman–Crippen MR) is 96.9 cm³/mol. The summed E-state index contributed by atoms with van der Waals surface area (Å²) in [6.07, 6.45) is -4.33. The zero-order valence-corrected chi connectivity index (χ0v) is 15.2. The van der Waals surface area contributed by atoms with Gasteiger partial charge in [0.15, 0.2) is 11.0 Å². The topological polar surface area (TPSA) is 30.7 Å². The molecule has 136 valence electrons. The third kappa shape index (κ3) is 4.09. The summed E-state index contributed by atoms with van der Waals surface area (Å²) in [5.74, 6) is 1.17. The Labute approximate surface area is 154 Å². The van der Waals surface area contributed by atoms with E-state index in [0.29, 0.717) is 23.0 Å². The van der Waals surface area contributed by atoms with Crippen molar-refractivity contribution in [1.29, 1.82) is 0 Å². The molecule has 1 heterocycles. The Hall–Kier alpha value is -2.28. The molecule has 3 rings (SSSR count). The lowest BCUT2D eigenvalue weighted by atomic mass is 10.1. The monoisotopic (exact) mass is 377 g/mol. The Bertz CT molecular complexity index is 903. The summed E-state index contributed by atoms with van der Waals surface area (Å²) in [7, 11) is 0. The molecule has 0 unspecified atom stereocenters.